The number of aliphatic hydroxyl groups excluding tert-OH is 1. The second-order valence-electron chi connectivity index (χ2n) is 4.27. The van der Waals surface area contributed by atoms with Crippen molar-refractivity contribution in [2.75, 3.05) is 0 Å². The molecule has 6 bridgehead atoms. The predicted octanol–water partition coefficient (Wildman–Crippen LogP) is 0.0104. The molecule has 4 aliphatic carbocycles. The first kappa shape index (κ1) is 4.73. The standard InChI is InChI=1S/C8H10O2/c9-6-2-1-3-4(6)8-5(2)7(3)10-8/h2-9H,1H2/t2-,3-,4-,5-,6-,7+,8-/m0/s1. The van der Waals surface area contributed by atoms with E-state index in [1.807, 2.05) is 0 Å². The molecule has 5 aliphatic rings. The first-order chi connectivity index (χ1) is 4.88. The smallest absolute Gasteiger partial charge is 0.0692 e. The largest absolute Gasteiger partial charge is 0.392 e. The molecule has 5 fully saturated rings. The van der Waals surface area contributed by atoms with Crippen LogP contribution in [0.3, 0.4) is 0 Å². The van der Waals surface area contributed by atoms with E-state index in [2.05, 4.69) is 0 Å². The molecule has 0 spiro atoms. The molecule has 4 saturated carbocycles. The molecular weight excluding hydrogens is 128 g/mol. The summed E-state index contributed by atoms with van der Waals surface area (Å²) in [6, 6.07) is 0. The lowest BCUT2D eigenvalue weighted by Crippen LogP contribution is -2.39. The van der Waals surface area contributed by atoms with Crippen molar-refractivity contribution in [3.63, 3.8) is 0 Å². The van der Waals surface area contributed by atoms with Crippen LogP contribution in [0.2, 0.25) is 0 Å². The Balaban J connectivity index is 1.97. The maximum Gasteiger partial charge on any atom is 0.0692 e. The van der Waals surface area contributed by atoms with Crippen molar-refractivity contribution in [2.24, 2.45) is 23.7 Å². The van der Waals surface area contributed by atoms with Crippen molar-refractivity contribution in [2.45, 2.75) is 24.7 Å². The SMILES string of the molecule is O[C@H]1[C@H]2C[C@@H]3[C@H]4O[C@H]([C@@H]24)[C@H]13. The average molecular weight is 138 g/mol. The molecule has 0 radical (unpaired) electrons. The molecule has 1 N–H and O–H groups in total. The van der Waals surface area contributed by atoms with Gasteiger partial charge in [-0.15, -0.1) is 0 Å². The highest BCUT2D eigenvalue weighted by Crippen LogP contribution is 2.71. The maximum atomic E-state index is 9.65. The van der Waals surface area contributed by atoms with Crippen LogP contribution in [-0.2, 0) is 4.74 Å². The van der Waals surface area contributed by atoms with Gasteiger partial charge in [0.2, 0.25) is 0 Å². The summed E-state index contributed by atoms with van der Waals surface area (Å²) in [7, 11) is 0. The van der Waals surface area contributed by atoms with E-state index in [-0.39, 0.29) is 6.10 Å². The predicted molar refractivity (Wildman–Crippen MR) is 33.2 cm³/mol. The molecule has 2 heteroatoms. The number of hydrogen-bond donors (Lipinski definition) is 1. The van der Waals surface area contributed by atoms with Crippen molar-refractivity contribution in [1.82, 2.24) is 0 Å². The highest BCUT2D eigenvalue weighted by molar-refractivity contribution is 5.24. The van der Waals surface area contributed by atoms with Gasteiger partial charge in [-0.25, -0.2) is 0 Å². The minimum Gasteiger partial charge on any atom is -0.392 e. The van der Waals surface area contributed by atoms with E-state index in [0.717, 1.165) is 11.8 Å². The van der Waals surface area contributed by atoms with Crippen LogP contribution in [0.1, 0.15) is 6.42 Å². The van der Waals surface area contributed by atoms with E-state index in [0.29, 0.717) is 24.0 Å². The van der Waals surface area contributed by atoms with Gasteiger partial charge in [0.15, 0.2) is 0 Å². The molecule has 2 nitrogen and oxygen atoms in total. The van der Waals surface area contributed by atoms with Crippen LogP contribution in [0.15, 0.2) is 0 Å². The quantitative estimate of drug-likeness (QED) is 0.511. The van der Waals surface area contributed by atoms with Gasteiger partial charge >= 0.3 is 0 Å². The van der Waals surface area contributed by atoms with Gasteiger partial charge in [0.1, 0.15) is 0 Å². The third-order valence-corrected chi connectivity index (χ3v) is 4.24. The van der Waals surface area contributed by atoms with E-state index < -0.39 is 0 Å². The average Bonchev–Trinajstić information content (AvgIpc) is 2.47. The number of rotatable bonds is 0. The van der Waals surface area contributed by atoms with Crippen molar-refractivity contribution < 1.29 is 9.84 Å². The zero-order valence-corrected chi connectivity index (χ0v) is 5.60. The normalized spacial score (nSPS) is 80.7. The third-order valence-electron chi connectivity index (χ3n) is 4.24. The first-order valence-electron chi connectivity index (χ1n) is 4.21. The molecule has 5 rings (SSSR count). The van der Waals surface area contributed by atoms with E-state index in [4.69, 9.17) is 4.74 Å². The summed E-state index contributed by atoms with van der Waals surface area (Å²) in [4.78, 5) is 0. The maximum absolute atomic E-state index is 9.65. The fourth-order valence-electron chi connectivity index (χ4n) is 4.01. The van der Waals surface area contributed by atoms with Crippen LogP contribution < -0.4 is 0 Å². The summed E-state index contributed by atoms with van der Waals surface area (Å²) in [5, 5.41) is 9.65. The number of aliphatic hydroxyl groups is 1. The molecule has 0 amide bonds. The van der Waals surface area contributed by atoms with Gasteiger partial charge < -0.3 is 9.84 Å². The van der Waals surface area contributed by atoms with E-state index in [1.54, 1.807) is 0 Å². The summed E-state index contributed by atoms with van der Waals surface area (Å²) in [6.45, 7) is 0. The van der Waals surface area contributed by atoms with Gasteiger partial charge in [0.05, 0.1) is 18.3 Å². The molecule has 10 heavy (non-hydrogen) atoms. The zero-order chi connectivity index (χ0) is 6.46. The molecular formula is C8H10O2. The Hall–Kier alpha value is -0.0800. The van der Waals surface area contributed by atoms with Gasteiger partial charge in [0, 0.05) is 11.8 Å². The van der Waals surface area contributed by atoms with Gasteiger partial charge in [-0.1, -0.05) is 0 Å². The molecule has 0 unspecified atom stereocenters. The fraction of sp³-hybridized carbons (Fsp3) is 1.00. The van der Waals surface area contributed by atoms with Crippen molar-refractivity contribution in [3.05, 3.63) is 0 Å². The Morgan fingerprint density at radius 1 is 1.10 bits per heavy atom. The van der Waals surface area contributed by atoms with Crippen LogP contribution in [0, 0.1) is 23.7 Å². The Bertz CT molecular complexity index is 207. The highest BCUT2D eigenvalue weighted by Gasteiger charge is 2.77. The molecule has 0 aromatic carbocycles. The highest BCUT2D eigenvalue weighted by atomic mass is 16.5. The van der Waals surface area contributed by atoms with Gasteiger partial charge in [0.25, 0.3) is 0 Å². The molecule has 0 aromatic heterocycles. The van der Waals surface area contributed by atoms with E-state index in [9.17, 15) is 5.11 Å². The second kappa shape index (κ2) is 1.07. The van der Waals surface area contributed by atoms with Gasteiger partial charge in [-0.05, 0) is 18.3 Å². The summed E-state index contributed by atoms with van der Waals surface area (Å²) >= 11 is 0. The topological polar surface area (TPSA) is 29.5 Å². The number of ether oxygens (including phenoxy) is 1. The second-order valence-corrected chi connectivity index (χ2v) is 4.27. The van der Waals surface area contributed by atoms with Crippen LogP contribution in [0.5, 0.6) is 0 Å². The number of hydrogen-bond acceptors (Lipinski definition) is 2. The lowest BCUT2D eigenvalue weighted by molar-refractivity contribution is -0.127. The van der Waals surface area contributed by atoms with Crippen molar-refractivity contribution >= 4 is 0 Å². The molecule has 1 heterocycles. The Labute approximate surface area is 59.2 Å². The molecule has 54 valence electrons. The van der Waals surface area contributed by atoms with Crippen molar-refractivity contribution in [3.8, 4) is 0 Å². The van der Waals surface area contributed by atoms with Crippen LogP contribution in [0.4, 0.5) is 0 Å². The zero-order valence-electron chi connectivity index (χ0n) is 5.60. The lowest BCUT2D eigenvalue weighted by atomic mass is 9.93. The third kappa shape index (κ3) is 0.238. The summed E-state index contributed by atoms with van der Waals surface area (Å²) in [5.74, 6) is 2.73. The van der Waals surface area contributed by atoms with E-state index >= 15 is 0 Å². The fourth-order valence-corrected chi connectivity index (χ4v) is 4.01. The molecule has 1 saturated heterocycles. The van der Waals surface area contributed by atoms with Gasteiger partial charge in [-0.2, -0.15) is 0 Å². The Morgan fingerprint density at radius 3 is 2.50 bits per heavy atom. The first-order valence-corrected chi connectivity index (χ1v) is 4.21. The molecule has 0 aromatic rings. The van der Waals surface area contributed by atoms with Crippen molar-refractivity contribution in [1.29, 1.82) is 0 Å². The minimum atomic E-state index is 0.0127. The summed E-state index contributed by atoms with van der Waals surface area (Å²) in [6.07, 6.45) is 2.35. The van der Waals surface area contributed by atoms with Crippen LogP contribution in [-0.4, -0.2) is 23.4 Å². The summed E-state index contributed by atoms with van der Waals surface area (Å²) < 4.78 is 5.60. The molecule has 7 atom stereocenters. The van der Waals surface area contributed by atoms with Crippen LogP contribution >= 0.6 is 0 Å². The Morgan fingerprint density at radius 2 is 2.00 bits per heavy atom. The van der Waals surface area contributed by atoms with Crippen LogP contribution in [0.25, 0.3) is 0 Å². The Kier molecular flexibility index (Phi) is 0.504. The minimum absolute atomic E-state index is 0.0127. The van der Waals surface area contributed by atoms with Gasteiger partial charge in [-0.3, -0.25) is 0 Å². The monoisotopic (exact) mass is 138 g/mol. The summed E-state index contributed by atoms with van der Waals surface area (Å²) in [5.41, 5.74) is 0. The van der Waals surface area contributed by atoms with E-state index in [1.165, 1.54) is 6.42 Å². The molecule has 1 aliphatic heterocycles. The lowest BCUT2D eigenvalue weighted by Gasteiger charge is -2.33.